The van der Waals surface area contributed by atoms with Gasteiger partial charge in [-0.15, -0.1) is 0 Å². The molecule has 5 unspecified atom stereocenters. The molecule has 0 bridgehead atoms. The highest BCUT2D eigenvalue weighted by molar-refractivity contribution is 7.80. The summed E-state index contributed by atoms with van der Waals surface area (Å²) in [5, 5.41) is 17.3. The van der Waals surface area contributed by atoms with E-state index in [1.807, 2.05) is 20.8 Å². The fraction of sp³-hybridized carbons (Fsp3) is 0.667. The van der Waals surface area contributed by atoms with Crippen LogP contribution < -0.4 is 21.7 Å². The van der Waals surface area contributed by atoms with Gasteiger partial charge in [0.1, 0.15) is 18.1 Å². The zero-order valence-electron chi connectivity index (χ0n) is 19.5. The van der Waals surface area contributed by atoms with Crippen molar-refractivity contribution in [3.8, 4) is 0 Å². The summed E-state index contributed by atoms with van der Waals surface area (Å²) < 4.78 is 0. The number of hydrogen-bond acceptors (Lipinski definition) is 7. The van der Waals surface area contributed by atoms with Crippen molar-refractivity contribution in [2.45, 2.75) is 71.1 Å². The van der Waals surface area contributed by atoms with Crippen LogP contribution in [0.25, 0.3) is 0 Å². The minimum atomic E-state index is -1.14. The molecule has 1 heterocycles. The Kier molecular flexibility index (Phi) is 11.9. The molecule has 0 aliphatic heterocycles. The molecule has 12 heteroatoms. The number of carboxylic acid groups (broad SMARTS) is 1. The van der Waals surface area contributed by atoms with Crippen LogP contribution in [0.4, 0.5) is 0 Å². The van der Waals surface area contributed by atoms with Crippen LogP contribution in [-0.4, -0.2) is 68.7 Å². The van der Waals surface area contributed by atoms with Gasteiger partial charge in [0.05, 0.1) is 12.4 Å². The molecule has 3 amide bonds. The number of nitrogens with one attached hydrogen (secondary N) is 4. The van der Waals surface area contributed by atoms with Crippen LogP contribution >= 0.6 is 12.6 Å². The van der Waals surface area contributed by atoms with E-state index < -0.39 is 47.9 Å². The normalized spacial score (nSPS) is 15.7. The van der Waals surface area contributed by atoms with E-state index in [2.05, 4.69) is 38.5 Å². The van der Waals surface area contributed by atoms with Crippen LogP contribution in [0.15, 0.2) is 12.5 Å². The number of rotatable bonds is 14. The number of aliphatic carboxylic acids is 1. The fourth-order valence-corrected chi connectivity index (χ4v) is 3.26. The number of H-pyrrole nitrogens is 1. The Morgan fingerprint density at radius 2 is 1.73 bits per heavy atom. The molecule has 1 aromatic rings. The Balaban J connectivity index is 3.05. The van der Waals surface area contributed by atoms with Crippen molar-refractivity contribution in [3.05, 3.63) is 18.2 Å². The second-order valence-electron chi connectivity index (χ2n) is 8.53. The third kappa shape index (κ3) is 9.42. The minimum Gasteiger partial charge on any atom is -0.480 e. The van der Waals surface area contributed by atoms with E-state index in [1.54, 1.807) is 6.92 Å². The summed E-state index contributed by atoms with van der Waals surface area (Å²) in [6, 6.07) is -4.01. The van der Waals surface area contributed by atoms with Gasteiger partial charge < -0.3 is 31.8 Å². The van der Waals surface area contributed by atoms with E-state index >= 15 is 0 Å². The molecule has 0 radical (unpaired) electrons. The van der Waals surface area contributed by atoms with Crippen molar-refractivity contribution < 1.29 is 24.3 Å². The molecule has 0 aliphatic rings. The van der Waals surface area contributed by atoms with Crippen LogP contribution in [0, 0.1) is 11.8 Å². The van der Waals surface area contributed by atoms with Crippen LogP contribution in [0.5, 0.6) is 0 Å². The summed E-state index contributed by atoms with van der Waals surface area (Å²) in [5.74, 6) is -3.04. The number of hydrogen-bond donors (Lipinski definition) is 7. The number of amides is 3. The van der Waals surface area contributed by atoms with Gasteiger partial charge in [0.2, 0.25) is 17.7 Å². The molecular weight excluding hydrogens is 448 g/mol. The standard InChI is InChI=1S/C21H36N6O5S/c1-5-12(4)17(20(30)26-16(21(31)32)6-11(2)3)27-19(29)15(7-13-8-23-10-24-13)25-18(28)14(22)9-33/h8,10-12,14-17,33H,5-7,9,22H2,1-4H3,(H,23,24)(H,25,28)(H,26,30)(H,27,29)(H,31,32). The van der Waals surface area contributed by atoms with Gasteiger partial charge >= 0.3 is 5.97 Å². The molecule has 0 fully saturated rings. The highest BCUT2D eigenvalue weighted by Crippen LogP contribution is 2.12. The van der Waals surface area contributed by atoms with E-state index in [9.17, 15) is 24.3 Å². The van der Waals surface area contributed by atoms with Gasteiger partial charge in [0.25, 0.3) is 0 Å². The van der Waals surface area contributed by atoms with Crippen molar-refractivity contribution >= 4 is 36.3 Å². The van der Waals surface area contributed by atoms with Crippen LogP contribution in [0.2, 0.25) is 0 Å². The zero-order chi connectivity index (χ0) is 25.1. The van der Waals surface area contributed by atoms with Gasteiger partial charge in [0.15, 0.2) is 0 Å². The van der Waals surface area contributed by atoms with Crippen LogP contribution in [-0.2, 0) is 25.6 Å². The number of aromatic amines is 1. The van der Waals surface area contributed by atoms with Gasteiger partial charge in [-0.2, -0.15) is 12.6 Å². The molecule has 0 saturated carbocycles. The van der Waals surface area contributed by atoms with Gasteiger partial charge in [-0.25, -0.2) is 9.78 Å². The van der Waals surface area contributed by atoms with E-state index in [0.29, 0.717) is 12.1 Å². The third-order valence-corrected chi connectivity index (χ3v) is 5.65. The molecule has 186 valence electrons. The van der Waals surface area contributed by atoms with Gasteiger partial charge in [-0.1, -0.05) is 34.1 Å². The van der Waals surface area contributed by atoms with Gasteiger partial charge in [-0.05, 0) is 18.3 Å². The van der Waals surface area contributed by atoms with Crippen molar-refractivity contribution in [2.24, 2.45) is 17.6 Å². The molecular formula is C21H36N6O5S. The topological polar surface area (TPSA) is 179 Å². The fourth-order valence-electron chi connectivity index (χ4n) is 3.10. The van der Waals surface area contributed by atoms with Gasteiger partial charge in [0, 0.05) is 24.1 Å². The molecule has 1 rings (SSSR count). The van der Waals surface area contributed by atoms with E-state index in [4.69, 9.17) is 5.73 Å². The first kappa shape index (κ1) is 28.4. The zero-order valence-corrected chi connectivity index (χ0v) is 20.4. The first-order chi connectivity index (χ1) is 15.5. The highest BCUT2D eigenvalue weighted by atomic mass is 32.1. The lowest BCUT2D eigenvalue weighted by Gasteiger charge is -2.28. The quantitative estimate of drug-likeness (QED) is 0.179. The maximum absolute atomic E-state index is 13.1. The van der Waals surface area contributed by atoms with Crippen LogP contribution in [0.1, 0.15) is 46.2 Å². The van der Waals surface area contributed by atoms with Gasteiger partial charge in [-0.3, -0.25) is 14.4 Å². The smallest absolute Gasteiger partial charge is 0.326 e. The monoisotopic (exact) mass is 484 g/mol. The van der Waals surface area contributed by atoms with Crippen molar-refractivity contribution in [1.82, 2.24) is 25.9 Å². The molecule has 0 spiro atoms. The minimum absolute atomic E-state index is 0.0491. The molecule has 0 saturated heterocycles. The summed E-state index contributed by atoms with van der Waals surface area (Å²) >= 11 is 4.01. The Hall–Kier alpha value is -2.60. The number of carbonyl (C=O) groups is 4. The lowest BCUT2D eigenvalue weighted by Crippen LogP contribution is -2.59. The molecule has 0 aliphatic carbocycles. The average molecular weight is 485 g/mol. The molecule has 11 nitrogen and oxygen atoms in total. The summed E-state index contributed by atoms with van der Waals surface area (Å²) in [5.41, 5.74) is 6.32. The molecule has 7 N–H and O–H groups in total. The number of carbonyl (C=O) groups excluding carboxylic acids is 3. The van der Waals surface area contributed by atoms with E-state index in [0.717, 1.165) is 0 Å². The number of thiol groups is 1. The number of nitrogens with two attached hydrogens (primary N) is 1. The number of aromatic nitrogens is 2. The summed E-state index contributed by atoms with van der Waals surface area (Å²) in [6.07, 6.45) is 3.87. The summed E-state index contributed by atoms with van der Waals surface area (Å²) in [4.78, 5) is 56.8. The molecule has 0 aromatic carbocycles. The largest absolute Gasteiger partial charge is 0.480 e. The molecule has 33 heavy (non-hydrogen) atoms. The van der Waals surface area contributed by atoms with Crippen molar-refractivity contribution in [2.75, 3.05) is 5.75 Å². The maximum atomic E-state index is 13.1. The number of carboxylic acids is 1. The number of imidazole rings is 1. The SMILES string of the molecule is CCC(C)C(NC(=O)C(Cc1cnc[nH]1)NC(=O)C(N)CS)C(=O)NC(CC(C)C)C(=O)O. The Labute approximate surface area is 199 Å². The maximum Gasteiger partial charge on any atom is 0.326 e. The Morgan fingerprint density at radius 1 is 1.09 bits per heavy atom. The summed E-state index contributed by atoms with van der Waals surface area (Å²) in [6.45, 7) is 7.35. The third-order valence-electron chi connectivity index (χ3n) is 5.26. The van der Waals surface area contributed by atoms with Crippen LogP contribution in [0.3, 0.4) is 0 Å². The highest BCUT2D eigenvalue weighted by Gasteiger charge is 2.33. The first-order valence-corrected chi connectivity index (χ1v) is 11.6. The van der Waals surface area contributed by atoms with E-state index in [1.165, 1.54) is 12.5 Å². The number of nitrogens with zero attached hydrogens (tertiary/aromatic N) is 1. The lowest BCUT2D eigenvalue weighted by molar-refractivity contribution is -0.143. The average Bonchev–Trinajstić information content (AvgIpc) is 3.27. The lowest BCUT2D eigenvalue weighted by atomic mass is 9.96. The second kappa shape index (κ2) is 13.8. The Morgan fingerprint density at radius 3 is 2.21 bits per heavy atom. The van der Waals surface area contributed by atoms with E-state index in [-0.39, 0.29) is 30.4 Å². The summed E-state index contributed by atoms with van der Waals surface area (Å²) in [7, 11) is 0. The van der Waals surface area contributed by atoms with Crippen molar-refractivity contribution in [1.29, 1.82) is 0 Å². The Bertz CT molecular complexity index is 788. The van der Waals surface area contributed by atoms with Crippen molar-refractivity contribution in [3.63, 3.8) is 0 Å². The first-order valence-electron chi connectivity index (χ1n) is 11.0. The molecule has 1 aromatic heterocycles. The second-order valence-corrected chi connectivity index (χ2v) is 8.90. The predicted octanol–water partition coefficient (Wildman–Crippen LogP) is -0.159. The predicted molar refractivity (Wildman–Crippen MR) is 126 cm³/mol. The molecule has 5 atom stereocenters.